The molecule has 37 heavy (non-hydrogen) atoms. The van der Waals surface area contributed by atoms with Gasteiger partial charge in [-0.2, -0.15) is 0 Å². The molecule has 1 fully saturated rings. The summed E-state index contributed by atoms with van der Waals surface area (Å²) in [7, 11) is 5.27. The molecule has 1 amide bonds. The van der Waals surface area contributed by atoms with Crippen molar-refractivity contribution in [3.63, 3.8) is 0 Å². The van der Waals surface area contributed by atoms with Gasteiger partial charge in [-0.05, 0) is 64.0 Å². The summed E-state index contributed by atoms with van der Waals surface area (Å²) in [6, 6.07) is 29.8. The van der Waals surface area contributed by atoms with Crippen molar-refractivity contribution in [2.75, 3.05) is 21.2 Å². The SMILES string of the molecule is COc1cc(/C=C2\SC(=Nc3ccccc3)N(N(C)C)C2=O)ccc1OCc1cccc2ccccc12. The van der Waals surface area contributed by atoms with E-state index in [9.17, 15) is 4.79 Å². The fraction of sp³-hybridized carbons (Fsp3) is 0.133. The van der Waals surface area contributed by atoms with Gasteiger partial charge in [-0.3, -0.25) is 4.79 Å². The van der Waals surface area contributed by atoms with Gasteiger partial charge >= 0.3 is 0 Å². The topological polar surface area (TPSA) is 54.4 Å². The normalized spacial score (nSPS) is 15.8. The highest BCUT2D eigenvalue weighted by atomic mass is 32.2. The number of aliphatic imine (C=N–C) groups is 1. The lowest BCUT2D eigenvalue weighted by atomic mass is 10.1. The zero-order valence-electron chi connectivity index (χ0n) is 20.9. The van der Waals surface area contributed by atoms with Crippen LogP contribution in [0.5, 0.6) is 11.5 Å². The van der Waals surface area contributed by atoms with Crippen LogP contribution in [-0.2, 0) is 11.4 Å². The second-order valence-electron chi connectivity index (χ2n) is 8.64. The van der Waals surface area contributed by atoms with E-state index in [4.69, 9.17) is 9.47 Å². The summed E-state index contributed by atoms with van der Waals surface area (Å²) < 4.78 is 11.8. The molecule has 0 unspecified atom stereocenters. The number of rotatable bonds is 7. The Morgan fingerprint density at radius 2 is 1.68 bits per heavy atom. The van der Waals surface area contributed by atoms with Crippen molar-refractivity contribution in [3.8, 4) is 11.5 Å². The lowest BCUT2D eigenvalue weighted by molar-refractivity contribution is -0.130. The van der Waals surface area contributed by atoms with Gasteiger partial charge in [-0.25, -0.2) is 15.0 Å². The minimum absolute atomic E-state index is 0.125. The highest BCUT2D eigenvalue weighted by molar-refractivity contribution is 8.18. The van der Waals surface area contributed by atoms with Crippen LogP contribution in [0.15, 0.2) is 101 Å². The Labute approximate surface area is 220 Å². The second-order valence-corrected chi connectivity index (χ2v) is 9.65. The number of hydrazine groups is 1. The molecule has 1 heterocycles. The fourth-order valence-corrected chi connectivity index (χ4v) is 5.17. The molecule has 0 saturated carbocycles. The van der Waals surface area contributed by atoms with E-state index < -0.39 is 0 Å². The third kappa shape index (κ3) is 5.38. The number of amidine groups is 1. The quantitative estimate of drug-likeness (QED) is 0.266. The number of carbonyl (C=O) groups excluding carboxylic acids is 1. The summed E-state index contributed by atoms with van der Waals surface area (Å²) in [5, 5.41) is 6.26. The van der Waals surface area contributed by atoms with Crippen LogP contribution >= 0.6 is 11.8 Å². The van der Waals surface area contributed by atoms with Crippen molar-refractivity contribution in [1.29, 1.82) is 0 Å². The number of nitrogens with zero attached hydrogens (tertiary/aromatic N) is 3. The van der Waals surface area contributed by atoms with E-state index in [-0.39, 0.29) is 5.91 Å². The number of hydrogen-bond acceptors (Lipinski definition) is 6. The zero-order chi connectivity index (χ0) is 25.8. The number of carbonyl (C=O) groups is 1. The number of amides is 1. The molecule has 4 aromatic carbocycles. The van der Waals surface area contributed by atoms with E-state index >= 15 is 0 Å². The first-order valence-corrected chi connectivity index (χ1v) is 12.7. The molecule has 1 aliphatic rings. The zero-order valence-corrected chi connectivity index (χ0v) is 21.7. The minimum atomic E-state index is -0.125. The van der Waals surface area contributed by atoms with Crippen LogP contribution < -0.4 is 9.47 Å². The van der Waals surface area contributed by atoms with E-state index in [0.29, 0.717) is 28.2 Å². The molecule has 7 heteroatoms. The van der Waals surface area contributed by atoms with Gasteiger partial charge in [0.15, 0.2) is 16.7 Å². The van der Waals surface area contributed by atoms with Crippen LogP contribution in [0.2, 0.25) is 0 Å². The van der Waals surface area contributed by atoms with E-state index in [2.05, 4.69) is 29.3 Å². The molecule has 0 spiro atoms. The molecule has 1 aliphatic heterocycles. The number of thioether (sulfide) groups is 1. The average molecular weight is 510 g/mol. The molecule has 0 radical (unpaired) electrons. The van der Waals surface area contributed by atoms with E-state index in [1.54, 1.807) is 17.1 Å². The summed E-state index contributed by atoms with van der Waals surface area (Å²) in [6.07, 6.45) is 1.86. The van der Waals surface area contributed by atoms with Gasteiger partial charge in [0.25, 0.3) is 5.91 Å². The van der Waals surface area contributed by atoms with Gasteiger partial charge in [0.2, 0.25) is 0 Å². The van der Waals surface area contributed by atoms with Gasteiger partial charge in [0, 0.05) is 14.1 Å². The summed E-state index contributed by atoms with van der Waals surface area (Å²) in [5.74, 6) is 1.12. The van der Waals surface area contributed by atoms with Crippen LogP contribution in [0.1, 0.15) is 11.1 Å². The highest BCUT2D eigenvalue weighted by Crippen LogP contribution is 2.36. The summed E-state index contributed by atoms with van der Waals surface area (Å²) >= 11 is 1.34. The van der Waals surface area contributed by atoms with Gasteiger partial charge in [0.1, 0.15) is 6.61 Å². The first-order chi connectivity index (χ1) is 18.0. The van der Waals surface area contributed by atoms with Crippen molar-refractivity contribution >= 4 is 45.4 Å². The van der Waals surface area contributed by atoms with E-state index in [1.165, 1.54) is 22.5 Å². The van der Waals surface area contributed by atoms with Crippen LogP contribution in [-0.4, -0.2) is 42.3 Å². The van der Waals surface area contributed by atoms with Crippen LogP contribution in [0.4, 0.5) is 5.69 Å². The lowest BCUT2D eigenvalue weighted by Gasteiger charge is -2.22. The maximum Gasteiger partial charge on any atom is 0.281 e. The maximum atomic E-state index is 13.2. The molecular weight excluding hydrogens is 482 g/mol. The Morgan fingerprint density at radius 3 is 2.46 bits per heavy atom. The highest BCUT2D eigenvalue weighted by Gasteiger charge is 2.35. The fourth-order valence-electron chi connectivity index (χ4n) is 4.12. The van der Waals surface area contributed by atoms with Gasteiger partial charge in [0.05, 0.1) is 17.7 Å². The number of methoxy groups -OCH3 is 1. The van der Waals surface area contributed by atoms with E-state index in [0.717, 1.165) is 16.8 Å². The van der Waals surface area contributed by atoms with Crippen molar-refractivity contribution in [1.82, 2.24) is 10.0 Å². The van der Waals surface area contributed by atoms with Crippen LogP contribution in [0.25, 0.3) is 16.8 Å². The second kappa shape index (κ2) is 10.9. The summed E-state index contributed by atoms with van der Waals surface area (Å²) in [6.45, 7) is 0.420. The van der Waals surface area contributed by atoms with Gasteiger partial charge in [-0.15, -0.1) is 0 Å². The maximum absolute atomic E-state index is 13.2. The first-order valence-electron chi connectivity index (χ1n) is 11.9. The molecule has 6 nitrogen and oxygen atoms in total. The summed E-state index contributed by atoms with van der Waals surface area (Å²) in [5.41, 5.74) is 2.73. The van der Waals surface area contributed by atoms with Crippen molar-refractivity contribution in [3.05, 3.63) is 107 Å². The Kier molecular flexibility index (Phi) is 7.25. The van der Waals surface area contributed by atoms with Crippen molar-refractivity contribution < 1.29 is 14.3 Å². The monoisotopic (exact) mass is 509 g/mol. The Bertz CT molecular complexity index is 1490. The predicted octanol–water partition coefficient (Wildman–Crippen LogP) is 6.51. The van der Waals surface area contributed by atoms with Crippen LogP contribution in [0, 0.1) is 0 Å². The third-order valence-corrected chi connectivity index (χ3v) is 6.87. The molecule has 0 bridgehead atoms. The molecule has 0 aromatic heterocycles. The number of benzene rings is 4. The first kappa shape index (κ1) is 24.6. The number of fused-ring (bicyclic) bond motifs is 1. The average Bonchev–Trinajstić information content (AvgIpc) is 3.22. The minimum Gasteiger partial charge on any atom is -0.493 e. The molecule has 4 aromatic rings. The van der Waals surface area contributed by atoms with Crippen molar-refractivity contribution in [2.24, 2.45) is 4.99 Å². The summed E-state index contributed by atoms with van der Waals surface area (Å²) in [4.78, 5) is 18.5. The third-order valence-electron chi connectivity index (χ3n) is 5.92. The molecule has 0 N–H and O–H groups in total. The standard InChI is InChI=1S/C30H27N3O3S/c1-32(2)33-29(34)28(37-30(33)31-24-13-5-4-6-14-24)19-21-16-17-26(27(18-21)35-3)36-20-23-12-9-11-22-10-7-8-15-25(22)23/h4-19H,20H2,1-3H3/b28-19-,31-30?. The number of ether oxygens (including phenoxy) is 2. The Balaban J connectivity index is 1.38. The van der Waals surface area contributed by atoms with Gasteiger partial charge < -0.3 is 9.47 Å². The Hall–Kier alpha value is -4.07. The van der Waals surface area contributed by atoms with Crippen LogP contribution in [0.3, 0.4) is 0 Å². The predicted molar refractivity (Wildman–Crippen MR) is 151 cm³/mol. The largest absolute Gasteiger partial charge is 0.493 e. The molecule has 0 aliphatic carbocycles. The molecular formula is C30H27N3O3S. The number of para-hydroxylation sites is 1. The smallest absolute Gasteiger partial charge is 0.281 e. The van der Waals surface area contributed by atoms with Gasteiger partial charge in [-0.1, -0.05) is 66.7 Å². The Morgan fingerprint density at radius 1 is 0.919 bits per heavy atom. The molecule has 5 rings (SSSR count). The van der Waals surface area contributed by atoms with E-state index in [1.807, 2.05) is 86.9 Å². The number of hydrogen-bond donors (Lipinski definition) is 0. The lowest BCUT2D eigenvalue weighted by Crippen LogP contribution is -2.40. The molecule has 1 saturated heterocycles. The molecule has 186 valence electrons. The molecule has 0 atom stereocenters. The van der Waals surface area contributed by atoms with Crippen molar-refractivity contribution in [2.45, 2.75) is 6.61 Å².